The number of nitrogens with zero attached hydrogens (tertiary/aromatic N) is 1. The molecule has 0 radical (unpaired) electrons. The summed E-state index contributed by atoms with van der Waals surface area (Å²) in [6.07, 6.45) is 3.81. The van der Waals surface area contributed by atoms with E-state index < -0.39 is 0 Å². The van der Waals surface area contributed by atoms with E-state index in [9.17, 15) is 9.59 Å². The first-order valence-corrected chi connectivity index (χ1v) is 8.55. The van der Waals surface area contributed by atoms with Crippen molar-refractivity contribution in [3.8, 4) is 0 Å². The van der Waals surface area contributed by atoms with E-state index in [4.69, 9.17) is 23.2 Å². The van der Waals surface area contributed by atoms with Gasteiger partial charge in [0.2, 0.25) is 11.8 Å². The molecule has 0 aliphatic carbocycles. The fraction of sp³-hybridized carbons (Fsp3) is 0.158. The van der Waals surface area contributed by atoms with Gasteiger partial charge >= 0.3 is 0 Å². The van der Waals surface area contributed by atoms with Crippen LogP contribution in [0.5, 0.6) is 0 Å². The van der Waals surface area contributed by atoms with Crippen LogP contribution < -0.4 is 10.2 Å². The summed E-state index contributed by atoms with van der Waals surface area (Å²) in [5.74, 6) is -0.241. The Morgan fingerprint density at radius 3 is 2.72 bits per heavy atom. The summed E-state index contributed by atoms with van der Waals surface area (Å²) in [7, 11) is 0. The van der Waals surface area contributed by atoms with Crippen molar-refractivity contribution in [1.82, 2.24) is 0 Å². The molecule has 2 aromatic rings. The van der Waals surface area contributed by atoms with Gasteiger partial charge in [0.1, 0.15) is 0 Å². The van der Waals surface area contributed by atoms with Crippen LogP contribution in [0, 0.1) is 0 Å². The maximum atomic E-state index is 12.1. The molecule has 3 rings (SSSR count). The Morgan fingerprint density at radius 1 is 1.16 bits per heavy atom. The number of anilines is 2. The summed E-state index contributed by atoms with van der Waals surface area (Å²) < 4.78 is 0. The first kappa shape index (κ1) is 17.5. The van der Waals surface area contributed by atoms with E-state index in [2.05, 4.69) is 5.32 Å². The fourth-order valence-electron chi connectivity index (χ4n) is 2.80. The summed E-state index contributed by atoms with van der Waals surface area (Å²) in [5, 5.41) is 3.89. The van der Waals surface area contributed by atoms with E-state index in [1.54, 1.807) is 42.2 Å². The van der Waals surface area contributed by atoms with Crippen LogP contribution in [0.3, 0.4) is 0 Å². The molecular formula is C19H16Cl2N2O2. The van der Waals surface area contributed by atoms with Crippen molar-refractivity contribution in [2.45, 2.75) is 13.3 Å². The van der Waals surface area contributed by atoms with Gasteiger partial charge in [-0.1, -0.05) is 23.2 Å². The van der Waals surface area contributed by atoms with Crippen LogP contribution in [-0.4, -0.2) is 18.4 Å². The average Bonchev–Trinajstić information content (AvgIpc) is 2.99. The Labute approximate surface area is 156 Å². The summed E-state index contributed by atoms with van der Waals surface area (Å²) >= 11 is 12.0. The Bertz CT molecular complexity index is 878. The Kier molecular flexibility index (Phi) is 5.11. The smallest absolute Gasteiger partial charge is 0.248 e. The van der Waals surface area contributed by atoms with Crippen LogP contribution in [0.25, 0.3) is 6.08 Å². The normalized spacial score (nSPS) is 13.2. The van der Waals surface area contributed by atoms with Crippen LogP contribution in [0.1, 0.15) is 18.1 Å². The molecular weight excluding hydrogens is 359 g/mol. The lowest BCUT2D eigenvalue weighted by atomic mass is 10.1. The van der Waals surface area contributed by atoms with Crippen LogP contribution in [0.4, 0.5) is 11.4 Å². The zero-order valence-corrected chi connectivity index (χ0v) is 15.1. The number of hydrogen-bond donors (Lipinski definition) is 1. The lowest BCUT2D eigenvalue weighted by Crippen LogP contribution is -2.25. The molecule has 128 valence electrons. The molecule has 0 aromatic heterocycles. The molecule has 0 fully saturated rings. The minimum Gasteiger partial charge on any atom is -0.323 e. The van der Waals surface area contributed by atoms with Gasteiger partial charge in [-0.3, -0.25) is 9.59 Å². The highest BCUT2D eigenvalue weighted by atomic mass is 35.5. The number of halogens is 2. The van der Waals surface area contributed by atoms with E-state index in [0.717, 1.165) is 17.7 Å². The second-order valence-electron chi connectivity index (χ2n) is 5.75. The molecule has 1 heterocycles. The van der Waals surface area contributed by atoms with Gasteiger partial charge in [0.25, 0.3) is 0 Å². The van der Waals surface area contributed by atoms with Gasteiger partial charge in [0, 0.05) is 41.0 Å². The maximum Gasteiger partial charge on any atom is 0.248 e. The average molecular weight is 375 g/mol. The summed E-state index contributed by atoms with van der Waals surface area (Å²) in [5.41, 5.74) is 3.33. The quantitative estimate of drug-likeness (QED) is 0.800. The predicted molar refractivity (Wildman–Crippen MR) is 102 cm³/mol. The van der Waals surface area contributed by atoms with E-state index in [1.807, 2.05) is 12.1 Å². The highest BCUT2D eigenvalue weighted by Gasteiger charge is 2.22. The lowest BCUT2D eigenvalue weighted by Gasteiger charge is -2.14. The second-order valence-corrected chi connectivity index (χ2v) is 6.60. The zero-order chi connectivity index (χ0) is 18.0. The lowest BCUT2D eigenvalue weighted by molar-refractivity contribution is -0.116. The largest absolute Gasteiger partial charge is 0.323 e. The van der Waals surface area contributed by atoms with Crippen molar-refractivity contribution in [3.05, 3.63) is 63.6 Å². The third-order valence-electron chi connectivity index (χ3n) is 3.99. The molecule has 0 unspecified atom stereocenters. The summed E-state index contributed by atoms with van der Waals surface area (Å²) in [6.45, 7) is 2.23. The molecule has 0 atom stereocenters. The molecule has 1 aliphatic heterocycles. The number of nitrogens with one attached hydrogen (secondary N) is 1. The van der Waals surface area contributed by atoms with Crippen molar-refractivity contribution in [1.29, 1.82) is 0 Å². The van der Waals surface area contributed by atoms with Gasteiger partial charge in [-0.15, -0.1) is 0 Å². The standard InChI is InChI=1S/C19H16Cl2N2O2/c1-12(24)23-9-8-14-11-16(4-6-18(14)23)22-19(25)7-2-13-10-15(20)3-5-17(13)21/h2-7,10-11H,8-9H2,1H3,(H,22,25)/b7-2+. The minimum atomic E-state index is -0.266. The third kappa shape index (κ3) is 4.03. The molecule has 25 heavy (non-hydrogen) atoms. The van der Waals surface area contributed by atoms with Gasteiger partial charge in [0.05, 0.1) is 0 Å². The molecule has 1 N–H and O–H groups in total. The van der Waals surface area contributed by atoms with Gasteiger partial charge in [-0.2, -0.15) is 0 Å². The number of fused-ring (bicyclic) bond motifs is 1. The number of benzene rings is 2. The van der Waals surface area contributed by atoms with E-state index in [-0.39, 0.29) is 11.8 Å². The molecule has 0 saturated carbocycles. The number of carbonyl (C=O) groups is 2. The van der Waals surface area contributed by atoms with Crippen molar-refractivity contribution in [2.24, 2.45) is 0 Å². The van der Waals surface area contributed by atoms with Gasteiger partial charge in [-0.25, -0.2) is 0 Å². The van der Waals surface area contributed by atoms with Crippen LogP contribution in [-0.2, 0) is 16.0 Å². The van der Waals surface area contributed by atoms with Gasteiger partial charge in [0.15, 0.2) is 0 Å². The molecule has 0 spiro atoms. The fourth-order valence-corrected chi connectivity index (χ4v) is 3.16. The van der Waals surface area contributed by atoms with Crippen molar-refractivity contribution in [2.75, 3.05) is 16.8 Å². The summed E-state index contributed by atoms with van der Waals surface area (Å²) in [6, 6.07) is 10.6. The third-order valence-corrected chi connectivity index (χ3v) is 4.57. The first-order chi connectivity index (χ1) is 11.9. The Morgan fingerprint density at radius 2 is 1.96 bits per heavy atom. The number of amides is 2. The van der Waals surface area contributed by atoms with Crippen molar-refractivity contribution < 1.29 is 9.59 Å². The van der Waals surface area contributed by atoms with E-state index >= 15 is 0 Å². The molecule has 2 aromatic carbocycles. The maximum absolute atomic E-state index is 12.1. The first-order valence-electron chi connectivity index (χ1n) is 7.79. The molecule has 2 amide bonds. The molecule has 1 aliphatic rings. The number of hydrogen-bond acceptors (Lipinski definition) is 2. The Balaban J connectivity index is 1.71. The molecule has 6 heteroatoms. The highest BCUT2D eigenvalue weighted by molar-refractivity contribution is 6.34. The highest BCUT2D eigenvalue weighted by Crippen LogP contribution is 2.30. The SMILES string of the molecule is CC(=O)N1CCc2cc(NC(=O)/C=C/c3cc(Cl)ccc3Cl)ccc21. The summed E-state index contributed by atoms with van der Waals surface area (Å²) in [4.78, 5) is 25.4. The topological polar surface area (TPSA) is 49.4 Å². The zero-order valence-electron chi connectivity index (χ0n) is 13.6. The van der Waals surface area contributed by atoms with E-state index in [0.29, 0.717) is 27.8 Å². The van der Waals surface area contributed by atoms with Gasteiger partial charge in [-0.05, 0) is 60.0 Å². The number of rotatable bonds is 3. The Hall–Kier alpha value is -2.30. The van der Waals surface area contributed by atoms with Gasteiger partial charge < -0.3 is 10.2 Å². The predicted octanol–water partition coefficient (Wildman–Crippen LogP) is 4.55. The van der Waals surface area contributed by atoms with Crippen LogP contribution in [0.15, 0.2) is 42.5 Å². The van der Waals surface area contributed by atoms with E-state index in [1.165, 1.54) is 6.08 Å². The van der Waals surface area contributed by atoms with Crippen LogP contribution >= 0.6 is 23.2 Å². The molecule has 0 bridgehead atoms. The number of carbonyl (C=O) groups excluding carboxylic acids is 2. The van der Waals surface area contributed by atoms with Crippen molar-refractivity contribution in [3.63, 3.8) is 0 Å². The molecule has 0 saturated heterocycles. The van der Waals surface area contributed by atoms with Crippen LogP contribution in [0.2, 0.25) is 10.0 Å². The second kappa shape index (κ2) is 7.30. The minimum absolute atomic E-state index is 0.0249. The van der Waals surface area contributed by atoms with Crippen molar-refractivity contribution >= 4 is 52.5 Å². The monoisotopic (exact) mass is 374 g/mol. The molecule has 4 nitrogen and oxygen atoms in total.